The van der Waals surface area contributed by atoms with E-state index in [0.717, 1.165) is 31.1 Å². The molecule has 1 unspecified atom stereocenters. The maximum Gasteiger partial charge on any atom is 0.192 e. The summed E-state index contributed by atoms with van der Waals surface area (Å²) in [6.45, 7) is 11.2. The molecule has 0 aromatic heterocycles. The van der Waals surface area contributed by atoms with Crippen LogP contribution in [-0.4, -0.2) is 20.7 Å². The lowest BCUT2D eigenvalue weighted by Crippen LogP contribution is -2.43. The molecule has 3 heteroatoms. The summed E-state index contributed by atoms with van der Waals surface area (Å²) >= 11 is 0. The monoisotopic (exact) mass is 240 g/mol. The minimum Gasteiger partial charge on any atom is -0.411 e. The Morgan fingerprint density at radius 1 is 1.44 bits per heavy atom. The van der Waals surface area contributed by atoms with Crippen molar-refractivity contribution in [2.75, 3.05) is 0 Å². The summed E-state index contributed by atoms with van der Waals surface area (Å²) in [6, 6.07) is 0. The zero-order valence-electron chi connectivity index (χ0n) is 11.2. The third-order valence-electron chi connectivity index (χ3n) is 3.76. The standard InChI is InChI=1S/C13H24O2Si/c1-13(2,3)16(4,5)15-12-8-6-7-11(9-12)10-14/h9-10,12H,6-8H2,1-5H3. The molecule has 0 aliphatic heterocycles. The molecular formula is C13H24O2Si. The van der Waals surface area contributed by atoms with Crippen LogP contribution in [0.4, 0.5) is 0 Å². The van der Waals surface area contributed by atoms with E-state index in [9.17, 15) is 4.79 Å². The molecule has 0 fully saturated rings. The van der Waals surface area contributed by atoms with Crippen LogP contribution in [0.3, 0.4) is 0 Å². The van der Waals surface area contributed by atoms with Gasteiger partial charge in [0.2, 0.25) is 0 Å². The highest BCUT2D eigenvalue weighted by Gasteiger charge is 2.39. The molecule has 0 saturated carbocycles. The van der Waals surface area contributed by atoms with Crippen LogP contribution in [0, 0.1) is 0 Å². The van der Waals surface area contributed by atoms with Crippen molar-refractivity contribution in [2.45, 2.75) is 64.3 Å². The van der Waals surface area contributed by atoms with E-state index in [1.165, 1.54) is 0 Å². The summed E-state index contributed by atoms with van der Waals surface area (Å²) in [5.74, 6) is 0. The van der Waals surface area contributed by atoms with E-state index in [1.807, 2.05) is 6.08 Å². The molecular weight excluding hydrogens is 216 g/mol. The first-order chi connectivity index (χ1) is 7.26. The van der Waals surface area contributed by atoms with Crippen LogP contribution in [0.2, 0.25) is 18.1 Å². The molecule has 0 aromatic rings. The molecule has 92 valence electrons. The van der Waals surface area contributed by atoms with Crippen LogP contribution in [0.5, 0.6) is 0 Å². The molecule has 0 N–H and O–H groups in total. The molecule has 1 aliphatic carbocycles. The Balaban J connectivity index is 2.71. The number of aldehydes is 1. The van der Waals surface area contributed by atoms with Gasteiger partial charge in [0, 0.05) is 0 Å². The highest BCUT2D eigenvalue weighted by atomic mass is 28.4. The Kier molecular flexibility index (Phi) is 4.13. The Labute approximate surface area is 100 Å². The Morgan fingerprint density at radius 2 is 2.06 bits per heavy atom. The van der Waals surface area contributed by atoms with Gasteiger partial charge in [-0.25, -0.2) is 0 Å². The third-order valence-corrected chi connectivity index (χ3v) is 8.26. The second kappa shape index (κ2) is 4.84. The van der Waals surface area contributed by atoms with Crippen molar-refractivity contribution < 1.29 is 9.22 Å². The summed E-state index contributed by atoms with van der Waals surface area (Å²) in [5.41, 5.74) is 0.912. The summed E-state index contributed by atoms with van der Waals surface area (Å²) < 4.78 is 6.28. The summed E-state index contributed by atoms with van der Waals surface area (Å²) in [6.07, 6.45) is 6.21. The fourth-order valence-electron chi connectivity index (χ4n) is 1.66. The topological polar surface area (TPSA) is 26.3 Å². The van der Waals surface area contributed by atoms with Gasteiger partial charge in [-0.1, -0.05) is 26.8 Å². The molecule has 2 nitrogen and oxygen atoms in total. The lowest BCUT2D eigenvalue weighted by atomic mass is 9.99. The highest BCUT2D eigenvalue weighted by Crippen LogP contribution is 2.38. The van der Waals surface area contributed by atoms with Crippen molar-refractivity contribution in [2.24, 2.45) is 0 Å². The van der Waals surface area contributed by atoms with Crippen molar-refractivity contribution in [3.63, 3.8) is 0 Å². The van der Waals surface area contributed by atoms with Gasteiger partial charge in [0.25, 0.3) is 0 Å². The van der Waals surface area contributed by atoms with E-state index < -0.39 is 8.32 Å². The Bertz CT molecular complexity index is 287. The van der Waals surface area contributed by atoms with Gasteiger partial charge >= 0.3 is 0 Å². The average molecular weight is 240 g/mol. The number of rotatable bonds is 3. The minimum absolute atomic E-state index is 0.162. The first-order valence-corrected chi connectivity index (χ1v) is 9.01. The molecule has 0 heterocycles. The lowest BCUT2D eigenvalue weighted by molar-refractivity contribution is -0.105. The molecule has 1 aliphatic rings. The number of hydrogen-bond acceptors (Lipinski definition) is 2. The van der Waals surface area contributed by atoms with Crippen LogP contribution in [0.25, 0.3) is 0 Å². The van der Waals surface area contributed by atoms with Gasteiger partial charge in [-0.15, -0.1) is 0 Å². The summed E-state index contributed by atoms with van der Waals surface area (Å²) in [4.78, 5) is 10.8. The van der Waals surface area contributed by atoms with Gasteiger partial charge in [-0.05, 0) is 43.0 Å². The molecule has 0 saturated heterocycles. The minimum atomic E-state index is -1.70. The molecule has 16 heavy (non-hydrogen) atoms. The number of carbonyl (C=O) groups is 1. The smallest absolute Gasteiger partial charge is 0.192 e. The van der Waals surface area contributed by atoms with Crippen LogP contribution >= 0.6 is 0 Å². The van der Waals surface area contributed by atoms with Crippen LogP contribution in [0.15, 0.2) is 11.6 Å². The maximum absolute atomic E-state index is 10.8. The predicted octanol–water partition coefficient (Wildman–Crippen LogP) is 3.69. The number of allylic oxidation sites excluding steroid dienone is 1. The first-order valence-electron chi connectivity index (χ1n) is 6.10. The van der Waals surface area contributed by atoms with E-state index in [4.69, 9.17) is 4.43 Å². The van der Waals surface area contributed by atoms with Crippen molar-refractivity contribution in [3.8, 4) is 0 Å². The molecule has 0 spiro atoms. The van der Waals surface area contributed by atoms with E-state index >= 15 is 0 Å². The largest absolute Gasteiger partial charge is 0.411 e. The zero-order chi connectivity index (χ0) is 12.4. The van der Waals surface area contributed by atoms with E-state index in [1.54, 1.807) is 0 Å². The van der Waals surface area contributed by atoms with Crippen LogP contribution in [0.1, 0.15) is 40.0 Å². The predicted molar refractivity (Wildman–Crippen MR) is 70.1 cm³/mol. The van der Waals surface area contributed by atoms with Crippen LogP contribution in [-0.2, 0) is 9.22 Å². The fourth-order valence-corrected chi connectivity index (χ4v) is 2.96. The SMILES string of the molecule is CC(C)(C)[Si](C)(C)OC1C=C(C=O)CCC1. The second-order valence-electron chi connectivity index (χ2n) is 6.17. The summed E-state index contributed by atoms with van der Waals surface area (Å²) in [5, 5.41) is 0.236. The van der Waals surface area contributed by atoms with Gasteiger partial charge in [0.15, 0.2) is 8.32 Å². The number of carbonyl (C=O) groups excluding carboxylic acids is 1. The fraction of sp³-hybridized carbons (Fsp3) is 0.769. The highest BCUT2D eigenvalue weighted by molar-refractivity contribution is 6.74. The molecule has 0 radical (unpaired) electrons. The average Bonchev–Trinajstić information content (AvgIpc) is 2.15. The molecule has 1 rings (SSSR count). The van der Waals surface area contributed by atoms with E-state index in [-0.39, 0.29) is 11.1 Å². The second-order valence-corrected chi connectivity index (χ2v) is 10.9. The lowest BCUT2D eigenvalue weighted by Gasteiger charge is -2.39. The normalized spacial score (nSPS) is 22.8. The Morgan fingerprint density at radius 3 is 2.56 bits per heavy atom. The van der Waals surface area contributed by atoms with E-state index in [2.05, 4.69) is 33.9 Å². The molecule has 0 amide bonds. The first kappa shape index (κ1) is 13.7. The van der Waals surface area contributed by atoms with Gasteiger partial charge in [0.1, 0.15) is 6.29 Å². The quantitative estimate of drug-likeness (QED) is 0.555. The van der Waals surface area contributed by atoms with Gasteiger partial charge in [0.05, 0.1) is 6.10 Å². The molecule has 0 aromatic carbocycles. The van der Waals surface area contributed by atoms with Gasteiger partial charge in [-0.3, -0.25) is 4.79 Å². The van der Waals surface area contributed by atoms with Gasteiger partial charge < -0.3 is 4.43 Å². The van der Waals surface area contributed by atoms with Gasteiger partial charge in [-0.2, -0.15) is 0 Å². The summed E-state index contributed by atoms with van der Waals surface area (Å²) in [7, 11) is -1.70. The van der Waals surface area contributed by atoms with Crippen molar-refractivity contribution in [1.29, 1.82) is 0 Å². The molecule has 1 atom stereocenters. The van der Waals surface area contributed by atoms with E-state index in [0.29, 0.717) is 0 Å². The number of hydrogen-bond donors (Lipinski definition) is 0. The van der Waals surface area contributed by atoms with Crippen molar-refractivity contribution >= 4 is 14.6 Å². The Hall–Kier alpha value is -0.413. The maximum atomic E-state index is 10.8. The van der Waals surface area contributed by atoms with Crippen molar-refractivity contribution in [3.05, 3.63) is 11.6 Å². The van der Waals surface area contributed by atoms with Crippen LogP contribution < -0.4 is 0 Å². The zero-order valence-corrected chi connectivity index (χ0v) is 12.2. The van der Waals surface area contributed by atoms with Crippen molar-refractivity contribution in [1.82, 2.24) is 0 Å². The third kappa shape index (κ3) is 3.29. The molecule has 0 bridgehead atoms.